The SMILES string of the molecule is CC(C)c1c(C(C)(C)C)cnn1C(C)C. The fourth-order valence-electron chi connectivity index (χ4n) is 1.94. The van der Waals surface area contributed by atoms with Crippen LogP contribution in [0.15, 0.2) is 6.20 Å². The molecule has 0 N–H and O–H groups in total. The highest BCUT2D eigenvalue weighted by atomic mass is 15.3. The van der Waals surface area contributed by atoms with Crippen molar-refractivity contribution in [3.8, 4) is 0 Å². The molecule has 0 aromatic carbocycles. The lowest BCUT2D eigenvalue weighted by Gasteiger charge is -2.22. The Labute approximate surface area is 93.7 Å². The molecule has 1 aromatic rings. The maximum absolute atomic E-state index is 4.52. The molecule has 0 saturated carbocycles. The quantitative estimate of drug-likeness (QED) is 0.721. The lowest BCUT2D eigenvalue weighted by molar-refractivity contribution is 0.488. The second-order valence-corrected chi connectivity index (χ2v) is 5.89. The van der Waals surface area contributed by atoms with Crippen molar-refractivity contribution in [2.45, 2.75) is 65.8 Å². The van der Waals surface area contributed by atoms with Crippen LogP contribution in [0.4, 0.5) is 0 Å². The van der Waals surface area contributed by atoms with Crippen molar-refractivity contribution in [2.24, 2.45) is 0 Å². The minimum atomic E-state index is 0.187. The Balaban J connectivity index is 3.31. The van der Waals surface area contributed by atoms with Crippen LogP contribution in [0.3, 0.4) is 0 Å². The van der Waals surface area contributed by atoms with Gasteiger partial charge in [-0.1, -0.05) is 34.6 Å². The Hall–Kier alpha value is -0.790. The van der Waals surface area contributed by atoms with Crippen molar-refractivity contribution in [3.05, 3.63) is 17.5 Å². The van der Waals surface area contributed by atoms with Crippen LogP contribution in [0.2, 0.25) is 0 Å². The van der Waals surface area contributed by atoms with E-state index < -0.39 is 0 Å². The summed E-state index contributed by atoms with van der Waals surface area (Å²) in [5.74, 6) is 0.532. The van der Waals surface area contributed by atoms with Gasteiger partial charge in [0.1, 0.15) is 0 Å². The van der Waals surface area contributed by atoms with Gasteiger partial charge in [-0.25, -0.2) is 0 Å². The molecule has 1 heterocycles. The van der Waals surface area contributed by atoms with Crippen LogP contribution in [-0.2, 0) is 5.41 Å². The molecule has 15 heavy (non-hydrogen) atoms. The van der Waals surface area contributed by atoms with Crippen molar-refractivity contribution >= 4 is 0 Å². The molecule has 0 fully saturated rings. The summed E-state index contributed by atoms with van der Waals surface area (Å²) in [6.45, 7) is 15.6. The Morgan fingerprint density at radius 1 is 1.13 bits per heavy atom. The van der Waals surface area contributed by atoms with E-state index in [2.05, 4.69) is 58.2 Å². The van der Waals surface area contributed by atoms with Crippen LogP contribution in [0.5, 0.6) is 0 Å². The van der Waals surface area contributed by atoms with E-state index >= 15 is 0 Å². The summed E-state index contributed by atoms with van der Waals surface area (Å²) in [4.78, 5) is 0. The van der Waals surface area contributed by atoms with Gasteiger partial charge in [-0.05, 0) is 30.7 Å². The van der Waals surface area contributed by atoms with E-state index in [-0.39, 0.29) is 5.41 Å². The lowest BCUT2D eigenvalue weighted by Crippen LogP contribution is -2.16. The summed E-state index contributed by atoms with van der Waals surface area (Å²) in [6, 6.07) is 0.443. The third-order valence-electron chi connectivity index (χ3n) is 2.68. The van der Waals surface area contributed by atoms with E-state index in [4.69, 9.17) is 0 Å². The van der Waals surface area contributed by atoms with Crippen molar-refractivity contribution in [1.29, 1.82) is 0 Å². The average Bonchev–Trinajstić information content (AvgIpc) is 2.45. The van der Waals surface area contributed by atoms with Gasteiger partial charge in [-0.15, -0.1) is 0 Å². The normalized spacial score (nSPS) is 12.9. The van der Waals surface area contributed by atoms with Crippen molar-refractivity contribution < 1.29 is 0 Å². The summed E-state index contributed by atoms with van der Waals surface area (Å²) in [7, 11) is 0. The van der Waals surface area contributed by atoms with E-state index in [1.54, 1.807) is 0 Å². The summed E-state index contributed by atoms with van der Waals surface area (Å²) in [5.41, 5.74) is 2.95. The molecule has 86 valence electrons. The van der Waals surface area contributed by atoms with Crippen LogP contribution >= 0.6 is 0 Å². The lowest BCUT2D eigenvalue weighted by atomic mass is 9.85. The third-order valence-corrected chi connectivity index (χ3v) is 2.68. The van der Waals surface area contributed by atoms with Crippen LogP contribution < -0.4 is 0 Å². The third kappa shape index (κ3) is 2.42. The van der Waals surface area contributed by atoms with Crippen LogP contribution in [0, 0.1) is 0 Å². The molecule has 0 aliphatic heterocycles. The first-order valence-electron chi connectivity index (χ1n) is 5.83. The molecule has 0 atom stereocenters. The van der Waals surface area contributed by atoms with Gasteiger partial charge in [-0.3, -0.25) is 4.68 Å². The molecule has 0 amide bonds. The van der Waals surface area contributed by atoms with Gasteiger partial charge in [0.15, 0.2) is 0 Å². The molecule has 0 radical (unpaired) electrons. The smallest absolute Gasteiger partial charge is 0.0530 e. The molecular formula is C13H24N2. The van der Waals surface area contributed by atoms with E-state index in [0.29, 0.717) is 12.0 Å². The largest absolute Gasteiger partial charge is 0.267 e. The van der Waals surface area contributed by atoms with E-state index in [0.717, 1.165) is 0 Å². The van der Waals surface area contributed by atoms with Gasteiger partial charge >= 0.3 is 0 Å². The number of rotatable bonds is 2. The highest BCUT2D eigenvalue weighted by Gasteiger charge is 2.24. The predicted molar refractivity (Wildman–Crippen MR) is 65.4 cm³/mol. The number of hydrogen-bond donors (Lipinski definition) is 0. The molecule has 1 rings (SSSR count). The number of aromatic nitrogens is 2. The highest BCUT2D eigenvalue weighted by Crippen LogP contribution is 2.31. The first-order valence-corrected chi connectivity index (χ1v) is 5.83. The van der Waals surface area contributed by atoms with Crippen LogP contribution in [0.25, 0.3) is 0 Å². The zero-order valence-electron chi connectivity index (χ0n) is 11.1. The first kappa shape index (κ1) is 12.3. The monoisotopic (exact) mass is 208 g/mol. The molecule has 2 heteroatoms. The van der Waals surface area contributed by atoms with Gasteiger partial charge in [0, 0.05) is 11.7 Å². The van der Waals surface area contributed by atoms with Gasteiger partial charge < -0.3 is 0 Å². The molecule has 0 bridgehead atoms. The van der Waals surface area contributed by atoms with Crippen LogP contribution in [0.1, 0.15) is 71.7 Å². The number of nitrogens with zero attached hydrogens (tertiary/aromatic N) is 2. The standard InChI is InChI=1S/C13H24N2/c1-9(2)12-11(13(5,6)7)8-14-15(12)10(3)4/h8-10H,1-7H3. The zero-order chi connectivity index (χ0) is 11.8. The molecule has 2 nitrogen and oxygen atoms in total. The van der Waals surface area contributed by atoms with Crippen LogP contribution in [-0.4, -0.2) is 9.78 Å². The Kier molecular flexibility index (Phi) is 3.27. The first-order chi connectivity index (χ1) is 6.75. The zero-order valence-corrected chi connectivity index (χ0v) is 11.1. The van der Waals surface area contributed by atoms with Gasteiger partial charge in [0.2, 0.25) is 0 Å². The van der Waals surface area contributed by atoms with E-state index in [1.165, 1.54) is 11.3 Å². The van der Waals surface area contributed by atoms with Gasteiger partial charge in [0.05, 0.1) is 6.20 Å². The molecule has 0 aliphatic carbocycles. The minimum absolute atomic E-state index is 0.187. The van der Waals surface area contributed by atoms with E-state index in [1.807, 2.05) is 6.20 Å². The second kappa shape index (κ2) is 3.99. The maximum Gasteiger partial charge on any atom is 0.0530 e. The van der Waals surface area contributed by atoms with Crippen molar-refractivity contribution in [1.82, 2.24) is 9.78 Å². The highest BCUT2D eigenvalue weighted by molar-refractivity contribution is 5.28. The topological polar surface area (TPSA) is 17.8 Å². The van der Waals surface area contributed by atoms with E-state index in [9.17, 15) is 0 Å². The summed E-state index contributed by atoms with van der Waals surface area (Å²) in [5, 5.41) is 4.52. The molecular weight excluding hydrogens is 184 g/mol. The maximum atomic E-state index is 4.52. The Morgan fingerprint density at radius 2 is 1.67 bits per heavy atom. The summed E-state index contributed by atoms with van der Waals surface area (Å²) >= 11 is 0. The molecule has 0 aliphatic rings. The Morgan fingerprint density at radius 3 is 2.00 bits per heavy atom. The number of hydrogen-bond acceptors (Lipinski definition) is 1. The van der Waals surface area contributed by atoms with Gasteiger partial charge in [0.25, 0.3) is 0 Å². The molecule has 0 spiro atoms. The van der Waals surface area contributed by atoms with Crippen molar-refractivity contribution in [2.75, 3.05) is 0 Å². The average molecular weight is 208 g/mol. The molecule has 1 aromatic heterocycles. The molecule has 0 unspecified atom stereocenters. The minimum Gasteiger partial charge on any atom is -0.267 e. The molecule has 0 saturated heterocycles. The summed E-state index contributed by atoms with van der Waals surface area (Å²) in [6.07, 6.45) is 2.04. The second-order valence-electron chi connectivity index (χ2n) is 5.89. The predicted octanol–water partition coefficient (Wildman–Crippen LogP) is 3.88. The Bertz CT molecular complexity index is 327. The van der Waals surface area contributed by atoms with Gasteiger partial charge in [-0.2, -0.15) is 5.10 Å². The summed E-state index contributed by atoms with van der Waals surface area (Å²) < 4.78 is 2.16. The fraction of sp³-hybridized carbons (Fsp3) is 0.769. The fourth-order valence-corrected chi connectivity index (χ4v) is 1.94. The van der Waals surface area contributed by atoms with Crippen molar-refractivity contribution in [3.63, 3.8) is 0 Å².